The van der Waals surface area contributed by atoms with Gasteiger partial charge in [-0.3, -0.25) is 10.1 Å². The molecule has 0 aliphatic heterocycles. The minimum atomic E-state index is -1.38. The third-order valence-corrected chi connectivity index (χ3v) is 2.02. The number of imide groups is 1. The minimum Gasteiger partial charge on any atom is -0.305 e. The molecule has 1 aromatic rings. The number of alkyl halides is 1. The van der Waals surface area contributed by atoms with Gasteiger partial charge in [-0.2, -0.15) is 0 Å². The van der Waals surface area contributed by atoms with Crippen molar-refractivity contribution in [3.63, 3.8) is 0 Å². The van der Waals surface area contributed by atoms with Crippen molar-refractivity contribution in [3.8, 4) is 0 Å². The molecule has 0 aliphatic rings. The van der Waals surface area contributed by atoms with Gasteiger partial charge in [-0.05, 0) is 0 Å². The Bertz CT molecular complexity index is 482. The van der Waals surface area contributed by atoms with Gasteiger partial charge >= 0.3 is 6.03 Å². The Kier molecular flexibility index (Phi) is 4.96. The van der Waals surface area contributed by atoms with Crippen LogP contribution in [-0.2, 0) is 4.79 Å². The summed E-state index contributed by atoms with van der Waals surface area (Å²) in [5.41, 5.74) is -0.579. The normalized spacial score (nSPS) is 10.0. The van der Waals surface area contributed by atoms with Gasteiger partial charge in [0.05, 0.1) is 5.69 Å². The molecule has 98 valence electrons. The van der Waals surface area contributed by atoms with Gasteiger partial charge < -0.3 is 5.32 Å². The Balaban J connectivity index is 2.70. The summed E-state index contributed by atoms with van der Waals surface area (Å²) in [7, 11) is 0. The van der Waals surface area contributed by atoms with Gasteiger partial charge in [0.2, 0.25) is 5.91 Å². The SMILES string of the molecule is O=C(CCCl)NC(=O)Nc1cc(F)c(F)cc1F. The van der Waals surface area contributed by atoms with Crippen LogP contribution in [0.5, 0.6) is 0 Å². The van der Waals surface area contributed by atoms with E-state index in [1.165, 1.54) is 0 Å². The fourth-order valence-electron chi connectivity index (χ4n) is 1.05. The van der Waals surface area contributed by atoms with E-state index < -0.39 is 35.1 Å². The van der Waals surface area contributed by atoms with Gasteiger partial charge in [-0.15, -0.1) is 11.6 Å². The van der Waals surface area contributed by atoms with Crippen LogP contribution < -0.4 is 10.6 Å². The molecule has 1 rings (SSSR count). The minimum absolute atomic E-state index is 0.0126. The van der Waals surface area contributed by atoms with Crippen LogP contribution in [0.2, 0.25) is 0 Å². The molecule has 2 N–H and O–H groups in total. The van der Waals surface area contributed by atoms with E-state index in [0.29, 0.717) is 6.07 Å². The Morgan fingerprint density at radius 2 is 1.72 bits per heavy atom. The lowest BCUT2D eigenvalue weighted by Crippen LogP contribution is -2.34. The number of amides is 3. The number of nitrogens with one attached hydrogen (secondary N) is 2. The van der Waals surface area contributed by atoms with E-state index in [4.69, 9.17) is 11.6 Å². The maximum Gasteiger partial charge on any atom is 0.325 e. The quantitative estimate of drug-likeness (QED) is 0.660. The average molecular weight is 281 g/mol. The first kappa shape index (κ1) is 14.3. The second-order valence-electron chi connectivity index (χ2n) is 3.19. The van der Waals surface area contributed by atoms with Crippen LogP contribution in [0.15, 0.2) is 12.1 Å². The predicted octanol–water partition coefficient (Wildman–Crippen LogP) is 2.38. The fourth-order valence-corrected chi connectivity index (χ4v) is 1.22. The predicted molar refractivity (Wildman–Crippen MR) is 58.8 cm³/mol. The highest BCUT2D eigenvalue weighted by Gasteiger charge is 2.13. The van der Waals surface area contributed by atoms with E-state index in [1.807, 2.05) is 10.6 Å². The van der Waals surface area contributed by atoms with E-state index in [2.05, 4.69) is 0 Å². The molecule has 18 heavy (non-hydrogen) atoms. The largest absolute Gasteiger partial charge is 0.325 e. The van der Waals surface area contributed by atoms with Crippen LogP contribution in [0.1, 0.15) is 6.42 Å². The first-order valence-electron chi connectivity index (χ1n) is 4.75. The second kappa shape index (κ2) is 6.25. The third kappa shape index (κ3) is 3.92. The molecule has 0 bridgehead atoms. The van der Waals surface area contributed by atoms with E-state index >= 15 is 0 Å². The monoisotopic (exact) mass is 280 g/mol. The lowest BCUT2D eigenvalue weighted by atomic mass is 10.3. The smallest absolute Gasteiger partial charge is 0.305 e. The van der Waals surface area contributed by atoms with Crippen LogP contribution in [0, 0.1) is 17.5 Å². The highest BCUT2D eigenvalue weighted by Crippen LogP contribution is 2.18. The van der Waals surface area contributed by atoms with Gasteiger partial charge in [0, 0.05) is 24.4 Å². The maximum atomic E-state index is 13.1. The molecule has 4 nitrogen and oxygen atoms in total. The standard InChI is InChI=1S/C10H8ClF3N2O2/c11-2-1-9(17)16-10(18)15-8-4-6(13)5(12)3-7(8)14/h3-4H,1-2H2,(H2,15,16,17,18). The second-order valence-corrected chi connectivity index (χ2v) is 3.57. The van der Waals surface area contributed by atoms with Crippen molar-refractivity contribution in [1.82, 2.24) is 5.32 Å². The van der Waals surface area contributed by atoms with Crippen LogP contribution in [0.4, 0.5) is 23.7 Å². The molecule has 3 amide bonds. The Labute approximate surface area is 105 Å². The number of benzene rings is 1. The number of anilines is 1. The summed E-state index contributed by atoms with van der Waals surface area (Å²) in [6.45, 7) is 0. The van der Waals surface area contributed by atoms with Crippen LogP contribution >= 0.6 is 11.6 Å². The summed E-state index contributed by atoms with van der Waals surface area (Å²) in [6.07, 6.45) is -0.102. The van der Waals surface area contributed by atoms with E-state index in [-0.39, 0.29) is 18.4 Å². The molecular formula is C10H8ClF3N2O2. The molecule has 0 aliphatic carbocycles. The zero-order valence-electron chi connectivity index (χ0n) is 8.90. The molecule has 0 aromatic heterocycles. The molecule has 0 saturated heterocycles. The Morgan fingerprint density at radius 1 is 1.11 bits per heavy atom. The number of carbonyl (C=O) groups excluding carboxylic acids is 2. The Morgan fingerprint density at radius 3 is 2.33 bits per heavy atom. The van der Waals surface area contributed by atoms with Crippen LogP contribution in [0.3, 0.4) is 0 Å². The first-order valence-corrected chi connectivity index (χ1v) is 5.29. The fraction of sp³-hybridized carbons (Fsp3) is 0.200. The molecule has 8 heteroatoms. The lowest BCUT2D eigenvalue weighted by molar-refractivity contribution is -0.119. The number of urea groups is 1. The van der Waals surface area contributed by atoms with Crippen LogP contribution in [-0.4, -0.2) is 17.8 Å². The summed E-state index contributed by atoms with van der Waals surface area (Å²) in [4.78, 5) is 22.1. The first-order chi connectivity index (χ1) is 8.43. The zero-order chi connectivity index (χ0) is 13.7. The van der Waals surface area contributed by atoms with Crippen LogP contribution in [0.25, 0.3) is 0 Å². The van der Waals surface area contributed by atoms with E-state index in [9.17, 15) is 22.8 Å². The van der Waals surface area contributed by atoms with Gasteiger partial charge in [-0.25, -0.2) is 18.0 Å². The summed E-state index contributed by atoms with van der Waals surface area (Å²) < 4.78 is 38.5. The highest BCUT2D eigenvalue weighted by molar-refractivity contribution is 6.19. The summed E-state index contributed by atoms with van der Waals surface area (Å²) in [5.74, 6) is -4.52. The molecule has 0 radical (unpaired) electrons. The number of rotatable bonds is 3. The molecule has 0 saturated carbocycles. The summed E-state index contributed by atoms with van der Waals surface area (Å²) in [5, 5.41) is 3.71. The van der Waals surface area contributed by atoms with Gasteiger partial charge in [0.25, 0.3) is 0 Å². The van der Waals surface area contributed by atoms with Gasteiger partial charge in [0.1, 0.15) is 5.82 Å². The van der Waals surface area contributed by atoms with Crippen molar-refractivity contribution in [2.24, 2.45) is 0 Å². The molecule has 0 fully saturated rings. The third-order valence-electron chi connectivity index (χ3n) is 1.83. The molecular weight excluding hydrogens is 273 g/mol. The molecule has 0 atom stereocenters. The van der Waals surface area contributed by atoms with Gasteiger partial charge in [0.15, 0.2) is 11.6 Å². The van der Waals surface area contributed by atoms with Crippen molar-refractivity contribution in [2.75, 3.05) is 11.2 Å². The number of hydrogen-bond donors (Lipinski definition) is 2. The average Bonchev–Trinajstić information content (AvgIpc) is 2.26. The topological polar surface area (TPSA) is 58.2 Å². The Hall–Kier alpha value is -1.76. The van der Waals surface area contributed by atoms with E-state index in [1.54, 1.807) is 0 Å². The summed E-state index contributed by atoms with van der Waals surface area (Å²) in [6, 6.07) is -0.308. The van der Waals surface area contributed by atoms with Crippen molar-refractivity contribution in [2.45, 2.75) is 6.42 Å². The lowest BCUT2D eigenvalue weighted by Gasteiger charge is -2.07. The van der Waals surface area contributed by atoms with Crippen molar-refractivity contribution >= 4 is 29.2 Å². The number of halogens is 4. The van der Waals surface area contributed by atoms with E-state index in [0.717, 1.165) is 0 Å². The molecule has 0 spiro atoms. The number of carbonyl (C=O) groups is 2. The molecule has 1 aromatic carbocycles. The van der Waals surface area contributed by atoms with Gasteiger partial charge in [-0.1, -0.05) is 0 Å². The van der Waals surface area contributed by atoms with Crippen molar-refractivity contribution < 1.29 is 22.8 Å². The summed E-state index contributed by atoms with van der Waals surface area (Å²) >= 11 is 5.26. The molecule has 0 unspecified atom stereocenters. The highest BCUT2D eigenvalue weighted by atomic mass is 35.5. The molecule has 0 heterocycles. The maximum absolute atomic E-state index is 13.1. The zero-order valence-corrected chi connectivity index (χ0v) is 9.65. The van der Waals surface area contributed by atoms with Crippen molar-refractivity contribution in [3.05, 3.63) is 29.6 Å². The number of hydrogen-bond acceptors (Lipinski definition) is 2. The van der Waals surface area contributed by atoms with Crippen molar-refractivity contribution in [1.29, 1.82) is 0 Å².